The van der Waals surface area contributed by atoms with Gasteiger partial charge in [0.1, 0.15) is 0 Å². The van der Waals surface area contributed by atoms with Gasteiger partial charge in [-0.15, -0.1) is 5.10 Å². The molecule has 0 aliphatic rings. The molecule has 0 saturated heterocycles. The molecule has 0 bridgehead atoms. The zero-order valence-corrected chi connectivity index (χ0v) is 13.1. The van der Waals surface area contributed by atoms with Gasteiger partial charge in [-0.1, -0.05) is 39.7 Å². The predicted octanol–water partition coefficient (Wildman–Crippen LogP) is 2.86. The molecule has 1 heterocycles. The molecule has 0 aliphatic heterocycles. The fourth-order valence-electron chi connectivity index (χ4n) is 2.03. The van der Waals surface area contributed by atoms with Crippen molar-refractivity contribution < 1.29 is 4.42 Å². The maximum Gasteiger partial charge on any atom is 0.318 e. The number of anilines is 1. The molecule has 0 fully saturated rings. The van der Waals surface area contributed by atoms with E-state index >= 15 is 0 Å². The molecular formula is C14H28N4O. The van der Waals surface area contributed by atoms with Gasteiger partial charge in [0.15, 0.2) is 0 Å². The number of hydrogen-bond acceptors (Lipinski definition) is 5. The molecule has 110 valence electrons. The zero-order chi connectivity index (χ0) is 14.4. The highest BCUT2D eigenvalue weighted by Gasteiger charge is 2.19. The fourth-order valence-corrected chi connectivity index (χ4v) is 2.03. The summed E-state index contributed by atoms with van der Waals surface area (Å²) in [7, 11) is 0. The number of rotatable bonds is 8. The van der Waals surface area contributed by atoms with E-state index in [4.69, 9.17) is 4.42 Å². The van der Waals surface area contributed by atoms with Crippen LogP contribution in [0.15, 0.2) is 4.42 Å². The summed E-state index contributed by atoms with van der Waals surface area (Å²) < 4.78 is 5.80. The third-order valence-corrected chi connectivity index (χ3v) is 2.75. The number of hydrogen-bond donors (Lipinski definition) is 1. The summed E-state index contributed by atoms with van der Waals surface area (Å²) in [5.41, 5.74) is 0. The normalized spacial score (nSPS) is 13.3. The summed E-state index contributed by atoms with van der Waals surface area (Å²) >= 11 is 0. The minimum atomic E-state index is 0.103. The standard InChI is InChI=1S/C14H28N4O/c1-7-15-12(6)13-16-17-14(19-13)18(8-10(2)3)9-11(4)5/h10-12,15H,7-9H2,1-6H3. The highest BCUT2D eigenvalue weighted by Crippen LogP contribution is 2.19. The van der Waals surface area contributed by atoms with E-state index in [0.717, 1.165) is 19.6 Å². The lowest BCUT2D eigenvalue weighted by Crippen LogP contribution is -2.31. The van der Waals surface area contributed by atoms with E-state index in [1.807, 2.05) is 6.92 Å². The van der Waals surface area contributed by atoms with Crippen LogP contribution in [0, 0.1) is 11.8 Å². The minimum Gasteiger partial charge on any atom is -0.406 e. The van der Waals surface area contributed by atoms with Gasteiger partial charge in [0, 0.05) is 13.1 Å². The van der Waals surface area contributed by atoms with E-state index in [-0.39, 0.29) is 6.04 Å². The second-order valence-corrected chi connectivity index (χ2v) is 5.89. The Hall–Kier alpha value is -1.10. The Kier molecular flexibility index (Phi) is 6.28. The van der Waals surface area contributed by atoms with Crippen molar-refractivity contribution in [2.24, 2.45) is 11.8 Å². The van der Waals surface area contributed by atoms with Crippen LogP contribution in [-0.4, -0.2) is 29.8 Å². The predicted molar refractivity (Wildman–Crippen MR) is 78.3 cm³/mol. The second-order valence-electron chi connectivity index (χ2n) is 5.89. The molecule has 0 amide bonds. The van der Waals surface area contributed by atoms with Crippen molar-refractivity contribution in [1.29, 1.82) is 0 Å². The van der Waals surface area contributed by atoms with Crippen molar-refractivity contribution >= 4 is 6.01 Å². The van der Waals surface area contributed by atoms with Crippen LogP contribution in [0.2, 0.25) is 0 Å². The highest BCUT2D eigenvalue weighted by atomic mass is 16.4. The van der Waals surface area contributed by atoms with Gasteiger partial charge in [-0.05, 0) is 25.3 Å². The lowest BCUT2D eigenvalue weighted by Gasteiger charge is -2.24. The third-order valence-electron chi connectivity index (χ3n) is 2.75. The molecule has 1 rings (SSSR count). The van der Waals surface area contributed by atoms with E-state index in [1.165, 1.54) is 0 Å². The number of nitrogens with one attached hydrogen (secondary N) is 1. The first-order valence-electron chi connectivity index (χ1n) is 7.25. The smallest absolute Gasteiger partial charge is 0.318 e. The van der Waals surface area contributed by atoms with Gasteiger partial charge in [-0.2, -0.15) is 0 Å². The van der Waals surface area contributed by atoms with Crippen molar-refractivity contribution in [3.05, 3.63) is 5.89 Å². The quantitative estimate of drug-likeness (QED) is 0.785. The lowest BCUT2D eigenvalue weighted by atomic mass is 10.1. The Labute approximate surface area is 116 Å². The van der Waals surface area contributed by atoms with E-state index in [9.17, 15) is 0 Å². The van der Waals surface area contributed by atoms with Crippen LogP contribution >= 0.6 is 0 Å². The molecular weight excluding hydrogens is 240 g/mol. The first-order chi connectivity index (χ1) is 8.93. The van der Waals surface area contributed by atoms with Crippen molar-refractivity contribution in [2.45, 2.75) is 47.6 Å². The third kappa shape index (κ3) is 5.19. The molecule has 0 saturated carbocycles. The SMILES string of the molecule is CCNC(C)c1nnc(N(CC(C)C)CC(C)C)o1. The Morgan fingerprint density at radius 2 is 1.63 bits per heavy atom. The topological polar surface area (TPSA) is 54.2 Å². The number of nitrogens with zero attached hydrogens (tertiary/aromatic N) is 3. The first kappa shape index (κ1) is 16.0. The molecule has 1 aromatic rings. The maximum atomic E-state index is 5.80. The zero-order valence-electron chi connectivity index (χ0n) is 13.1. The second kappa shape index (κ2) is 7.48. The summed E-state index contributed by atoms with van der Waals surface area (Å²) in [5.74, 6) is 1.80. The molecule has 1 N–H and O–H groups in total. The number of aromatic nitrogens is 2. The van der Waals surface area contributed by atoms with Crippen LogP contribution < -0.4 is 10.2 Å². The van der Waals surface area contributed by atoms with Gasteiger partial charge >= 0.3 is 6.01 Å². The van der Waals surface area contributed by atoms with E-state index < -0.39 is 0 Å². The fraction of sp³-hybridized carbons (Fsp3) is 0.857. The molecule has 19 heavy (non-hydrogen) atoms. The van der Waals surface area contributed by atoms with Crippen LogP contribution in [0.4, 0.5) is 6.01 Å². The molecule has 0 aliphatic carbocycles. The van der Waals surface area contributed by atoms with Crippen molar-refractivity contribution in [1.82, 2.24) is 15.5 Å². The molecule has 5 heteroatoms. The first-order valence-corrected chi connectivity index (χ1v) is 7.25. The van der Waals surface area contributed by atoms with E-state index in [0.29, 0.717) is 23.7 Å². The average molecular weight is 268 g/mol. The highest BCUT2D eigenvalue weighted by molar-refractivity contribution is 5.24. The summed E-state index contributed by atoms with van der Waals surface area (Å²) in [6.07, 6.45) is 0. The molecule has 0 aromatic carbocycles. The molecule has 0 radical (unpaired) electrons. The monoisotopic (exact) mass is 268 g/mol. The van der Waals surface area contributed by atoms with Crippen molar-refractivity contribution in [3.8, 4) is 0 Å². The average Bonchev–Trinajstić information content (AvgIpc) is 2.76. The van der Waals surface area contributed by atoms with Gasteiger partial charge in [0.25, 0.3) is 0 Å². The molecule has 0 spiro atoms. The van der Waals surface area contributed by atoms with Crippen LogP contribution in [0.5, 0.6) is 0 Å². The minimum absolute atomic E-state index is 0.103. The van der Waals surface area contributed by atoms with E-state index in [1.54, 1.807) is 0 Å². The van der Waals surface area contributed by atoms with Crippen molar-refractivity contribution in [3.63, 3.8) is 0 Å². The maximum absolute atomic E-state index is 5.80. The molecule has 1 unspecified atom stereocenters. The van der Waals surface area contributed by atoms with Crippen LogP contribution in [0.25, 0.3) is 0 Å². The largest absolute Gasteiger partial charge is 0.406 e. The van der Waals surface area contributed by atoms with Crippen LogP contribution in [0.3, 0.4) is 0 Å². The Balaban J connectivity index is 2.78. The molecule has 1 aromatic heterocycles. The van der Waals surface area contributed by atoms with Gasteiger partial charge in [0.2, 0.25) is 5.89 Å². The molecule has 1 atom stereocenters. The Morgan fingerprint density at radius 3 is 2.11 bits per heavy atom. The lowest BCUT2D eigenvalue weighted by molar-refractivity contribution is 0.409. The van der Waals surface area contributed by atoms with Gasteiger partial charge < -0.3 is 14.6 Å². The van der Waals surface area contributed by atoms with Crippen LogP contribution in [0.1, 0.15) is 53.5 Å². The Bertz CT molecular complexity index is 352. The summed E-state index contributed by atoms with van der Waals surface area (Å²) in [6.45, 7) is 15.7. The van der Waals surface area contributed by atoms with Gasteiger partial charge in [0.05, 0.1) is 6.04 Å². The summed E-state index contributed by atoms with van der Waals surface area (Å²) in [6, 6.07) is 0.744. The summed E-state index contributed by atoms with van der Waals surface area (Å²) in [4.78, 5) is 2.19. The Morgan fingerprint density at radius 1 is 1.05 bits per heavy atom. The molecule has 5 nitrogen and oxygen atoms in total. The van der Waals surface area contributed by atoms with Gasteiger partial charge in [-0.3, -0.25) is 0 Å². The van der Waals surface area contributed by atoms with Crippen LogP contribution in [-0.2, 0) is 0 Å². The van der Waals surface area contributed by atoms with Gasteiger partial charge in [-0.25, -0.2) is 0 Å². The van der Waals surface area contributed by atoms with E-state index in [2.05, 4.69) is 55.0 Å². The van der Waals surface area contributed by atoms with Crippen molar-refractivity contribution in [2.75, 3.05) is 24.5 Å². The summed E-state index contributed by atoms with van der Waals surface area (Å²) in [5, 5.41) is 11.6.